The number of amides is 3. The average molecular weight is 515 g/mol. The number of urea groups is 1. The number of alkyl halides is 5. The molecule has 0 saturated heterocycles. The topological polar surface area (TPSA) is 80.3 Å². The van der Waals surface area contributed by atoms with Crippen LogP contribution < -0.4 is 15.4 Å². The van der Waals surface area contributed by atoms with Gasteiger partial charge in [-0.05, 0) is 30.7 Å². The molecule has 2 aromatic carbocycles. The molecule has 0 spiro atoms. The van der Waals surface area contributed by atoms with E-state index in [1.165, 1.54) is 25.1 Å². The fourth-order valence-corrected chi connectivity index (χ4v) is 3.04. The predicted octanol–water partition coefficient (Wildman–Crippen LogP) is 5.95. The van der Waals surface area contributed by atoms with Crippen LogP contribution >= 0.6 is 0 Å². The highest BCUT2D eigenvalue weighted by atomic mass is 19.4. The fourth-order valence-electron chi connectivity index (χ4n) is 3.04. The van der Waals surface area contributed by atoms with Crippen molar-refractivity contribution in [2.45, 2.75) is 25.1 Å². The lowest BCUT2D eigenvalue weighted by Crippen LogP contribution is -2.44. The summed E-state index contributed by atoms with van der Waals surface area (Å²) < 4.78 is 100. The molecule has 1 heterocycles. The molecule has 2 N–H and O–H groups in total. The number of benzene rings is 2. The van der Waals surface area contributed by atoms with Crippen LogP contribution in [0.2, 0.25) is 0 Å². The van der Waals surface area contributed by atoms with E-state index in [0.29, 0.717) is 0 Å². The molecule has 1 unspecified atom stereocenters. The zero-order valence-corrected chi connectivity index (χ0v) is 18.2. The van der Waals surface area contributed by atoms with E-state index in [1.54, 1.807) is 5.32 Å². The highest BCUT2D eigenvalue weighted by Crippen LogP contribution is 2.46. The van der Waals surface area contributed by atoms with Crippen LogP contribution in [-0.2, 0) is 0 Å². The van der Waals surface area contributed by atoms with E-state index in [9.17, 15) is 40.3 Å². The van der Waals surface area contributed by atoms with Crippen LogP contribution in [0.5, 0.6) is 5.88 Å². The van der Waals surface area contributed by atoms with Gasteiger partial charge in [-0.15, -0.1) is 0 Å². The van der Waals surface area contributed by atoms with Crippen LogP contribution in [0.4, 0.5) is 41.2 Å². The van der Waals surface area contributed by atoms with E-state index in [-0.39, 0.29) is 11.3 Å². The van der Waals surface area contributed by atoms with Crippen LogP contribution in [0.15, 0.2) is 60.8 Å². The monoisotopic (exact) mass is 515 g/mol. The fraction of sp³-hybridized carbons (Fsp3) is 0.174. The van der Waals surface area contributed by atoms with Gasteiger partial charge in [0.2, 0.25) is 5.88 Å². The molecular formula is C23H16F7N3O3. The van der Waals surface area contributed by atoms with Crippen molar-refractivity contribution < 1.29 is 45.1 Å². The first-order valence-corrected chi connectivity index (χ1v) is 10.0. The normalized spacial score (nSPS) is 12.6. The first kappa shape index (κ1) is 26.4. The van der Waals surface area contributed by atoms with Gasteiger partial charge >= 0.3 is 18.1 Å². The van der Waals surface area contributed by atoms with Gasteiger partial charge in [0, 0.05) is 5.56 Å². The molecule has 13 heteroatoms. The molecule has 3 amide bonds. The summed E-state index contributed by atoms with van der Waals surface area (Å²) >= 11 is 0. The summed E-state index contributed by atoms with van der Waals surface area (Å²) in [7, 11) is 0. The van der Waals surface area contributed by atoms with Crippen molar-refractivity contribution in [1.29, 1.82) is 0 Å². The Hall–Kier alpha value is -4.16. The summed E-state index contributed by atoms with van der Waals surface area (Å²) in [6.45, 7) is 1.26. The number of rotatable bonds is 6. The van der Waals surface area contributed by atoms with Crippen LogP contribution in [0.25, 0.3) is 0 Å². The third-order valence-electron chi connectivity index (χ3n) is 4.74. The Balaban J connectivity index is 1.78. The Morgan fingerprint density at radius 3 is 2.11 bits per heavy atom. The Kier molecular flexibility index (Phi) is 7.51. The Morgan fingerprint density at radius 1 is 0.944 bits per heavy atom. The number of nitrogens with zero attached hydrogens (tertiary/aromatic N) is 1. The number of ether oxygens (including phenoxy) is 1. The number of halogens is 7. The molecule has 190 valence electrons. The van der Waals surface area contributed by atoms with Gasteiger partial charge in [-0.1, -0.05) is 36.4 Å². The van der Waals surface area contributed by atoms with E-state index in [1.807, 2.05) is 0 Å². The van der Waals surface area contributed by atoms with Crippen molar-refractivity contribution in [3.05, 3.63) is 89.1 Å². The van der Waals surface area contributed by atoms with E-state index in [0.717, 1.165) is 42.6 Å². The smallest absolute Gasteiger partial charge is 0.457 e. The predicted molar refractivity (Wildman–Crippen MR) is 113 cm³/mol. The molecule has 0 saturated carbocycles. The largest absolute Gasteiger partial charge is 0.462 e. The van der Waals surface area contributed by atoms with Crippen molar-refractivity contribution >= 4 is 17.6 Å². The number of carbonyl (C=O) groups is 2. The van der Waals surface area contributed by atoms with Crippen molar-refractivity contribution in [2.24, 2.45) is 0 Å². The van der Waals surface area contributed by atoms with Gasteiger partial charge in [0.15, 0.2) is 6.10 Å². The first-order chi connectivity index (χ1) is 16.8. The molecule has 0 aliphatic rings. The Labute approximate surface area is 199 Å². The lowest BCUT2D eigenvalue weighted by molar-refractivity contribution is -0.311. The molecular weight excluding hydrogens is 499 g/mol. The summed E-state index contributed by atoms with van der Waals surface area (Å²) in [6, 6.07) is 8.56. The number of imide groups is 1. The third-order valence-corrected chi connectivity index (χ3v) is 4.74. The first-order valence-electron chi connectivity index (χ1n) is 10.0. The van der Waals surface area contributed by atoms with Gasteiger partial charge < -0.3 is 10.1 Å². The minimum atomic E-state index is -5.93. The number of nitrogens with one attached hydrogen (secondary N) is 2. The second-order valence-corrected chi connectivity index (χ2v) is 7.38. The second-order valence-electron chi connectivity index (χ2n) is 7.38. The number of anilines is 1. The van der Waals surface area contributed by atoms with E-state index >= 15 is 0 Å². The molecule has 0 fully saturated rings. The van der Waals surface area contributed by atoms with E-state index in [2.05, 4.69) is 10.3 Å². The van der Waals surface area contributed by atoms with Crippen LogP contribution in [0, 0.1) is 18.6 Å². The SMILES string of the molecule is Cc1cc(NC(=O)NC(=O)c2c(F)cccc2F)cnc1OC(c1ccccc1)C(F)(F)C(F)(F)F. The van der Waals surface area contributed by atoms with Crippen LogP contribution in [0.1, 0.15) is 27.6 Å². The standard InChI is InChI=1S/C23H16F7N3O3/c1-12-10-14(32-21(35)33-19(34)17-15(24)8-5-9-16(17)25)11-31-20(12)36-18(13-6-3-2-4-7-13)22(26,27)23(28,29)30/h2-11,18H,1H3,(H2,32,33,34,35). The number of pyridine rings is 1. The van der Waals surface area contributed by atoms with E-state index < -0.39 is 58.8 Å². The second kappa shape index (κ2) is 10.2. The summed E-state index contributed by atoms with van der Waals surface area (Å²) in [5, 5.41) is 3.83. The minimum Gasteiger partial charge on any atom is -0.462 e. The van der Waals surface area contributed by atoms with Gasteiger partial charge in [-0.25, -0.2) is 18.6 Å². The summed E-state index contributed by atoms with van der Waals surface area (Å²) in [5.41, 5.74) is -1.62. The Morgan fingerprint density at radius 2 is 1.56 bits per heavy atom. The molecule has 6 nitrogen and oxygen atoms in total. The van der Waals surface area contributed by atoms with Gasteiger partial charge in [0.25, 0.3) is 5.91 Å². The molecule has 0 bridgehead atoms. The highest BCUT2D eigenvalue weighted by molar-refractivity contribution is 6.08. The van der Waals surface area contributed by atoms with Gasteiger partial charge in [0.1, 0.15) is 17.2 Å². The molecule has 3 rings (SSSR count). The summed E-state index contributed by atoms with van der Waals surface area (Å²) in [5.74, 6) is -9.65. The zero-order chi connectivity index (χ0) is 26.7. The van der Waals surface area contributed by atoms with Crippen LogP contribution in [0.3, 0.4) is 0 Å². The molecule has 36 heavy (non-hydrogen) atoms. The number of aromatic nitrogens is 1. The van der Waals surface area contributed by atoms with Crippen molar-refractivity contribution in [3.8, 4) is 5.88 Å². The quantitative estimate of drug-likeness (QED) is 0.398. The average Bonchev–Trinajstić information content (AvgIpc) is 2.78. The lowest BCUT2D eigenvalue weighted by atomic mass is 10.0. The van der Waals surface area contributed by atoms with Crippen molar-refractivity contribution in [3.63, 3.8) is 0 Å². The molecule has 3 aromatic rings. The highest BCUT2D eigenvalue weighted by Gasteiger charge is 2.64. The number of hydrogen-bond donors (Lipinski definition) is 2. The van der Waals surface area contributed by atoms with Gasteiger partial charge in [-0.3, -0.25) is 10.1 Å². The minimum absolute atomic E-state index is 0.0434. The number of aryl methyl sites for hydroxylation is 1. The van der Waals surface area contributed by atoms with Gasteiger partial charge in [-0.2, -0.15) is 22.0 Å². The molecule has 1 aromatic heterocycles. The summed E-state index contributed by atoms with van der Waals surface area (Å²) in [4.78, 5) is 27.7. The number of carbonyl (C=O) groups excluding carboxylic acids is 2. The lowest BCUT2D eigenvalue weighted by Gasteiger charge is -2.29. The van der Waals surface area contributed by atoms with Crippen molar-refractivity contribution in [2.75, 3.05) is 5.32 Å². The third kappa shape index (κ3) is 5.73. The summed E-state index contributed by atoms with van der Waals surface area (Å²) in [6.07, 6.45) is -7.82. The number of hydrogen-bond acceptors (Lipinski definition) is 4. The van der Waals surface area contributed by atoms with Crippen molar-refractivity contribution in [1.82, 2.24) is 10.3 Å². The molecule has 0 aliphatic carbocycles. The van der Waals surface area contributed by atoms with Gasteiger partial charge in [0.05, 0.1) is 11.9 Å². The maximum atomic E-state index is 14.2. The Bertz CT molecular complexity index is 1250. The van der Waals surface area contributed by atoms with E-state index in [4.69, 9.17) is 4.74 Å². The maximum Gasteiger partial charge on any atom is 0.457 e. The molecule has 1 atom stereocenters. The molecule has 0 radical (unpaired) electrons. The zero-order valence-electron chi connectivity index (χ0n) is 18.2. The maximum absolute atomic E-state index is 14.2. The molecule has 0 aliphatic heterocycles. The van der Waals surface area contributed by atoms with Crippen LogP contribution in [-0.4, -0.2) is 29.0 Å².